The van der Waals surface area contributed by atoms with Crippen molar-refractivity contribution in [3.05, 3.63) is 22.3 Å². The number of nitrogens with zero attached hydrogens (tertiary/aromatic N) is 1. The third kappa shape index (κ3) is 2.60. The lowest BCUT2D eigenvalue weighted by Gasteiger charge is -2.08. The third-order valence-electron chi connectivity index (χ3n) is 1.42. The van der Waals surface area contributed by atoms with Gasteiger partial charge in [-0.25, -0.2) is 4.98 Å². The summed E-state index contributed by atoms with van der Waals surface area (Å²) in [5.74, 6) is 0.167. The highest BCUT2D eigenvalue weighted by Crippen LogP contribution is 2.33. The van der Waals surface area contributed by atoms with Crippen LogP contribution in [0.2, 0.25) is 0 Å². The summed E-state index contributed by atoms with van der Waals surface area (Å²) in [5, 5.41) is 0. The molecule has 0 amide bonds. The number of hydrogen-bond acceptors (Lipinski definition) is 2. The largest absolute Gasteiger partial charge is 0.477 e. The van der Waals surface area contributed by atoms with E-state index in [0.717, 1.165) is 12.3 Å². The van der Waals surface area contributed by atoms with E-state index in [0.29, 0.717) is 6.61 Å². The van der Waals surface area contributed by atoms with Crippen molar-refractivity contribution >= 4 is 15.9 Å². The van der Waals surface area contributed by atoms with E-state index in [-0.39, 0.29) is 10.4 Å². The standard InChI is InChI=1S/C8H7BrF3NO/c1-2-14-7-6(9)3-5(4-13-7)8(10,11)12/h3-4H,2H2,1H3. The Morgan fingerprint density at radius 3 is 2.57 bits per heavy atom. The number of aromatic nitrogens is 1. The van der Waals surface area contributed by atoms with Gasteiger partial charge in [0.05, 0.1) is 16.6 Å². The first kappa shape index (κ1) is 11.3. The van der Waals surface area contributed by atoms with Crippen molar-refractivity contribution in [1.29, 1.82) is 0 Å². The highest BCUT2D eigenvalue weighted by Gasteiger charge is 2.31. The van der Waals surface area contributed by atoms with Gasteiger partial charge in [-0.05, 0) is 28.9 Å². The summed E-state index contributed by atoms with van der Waals surface area (Å²) < 4.78 is 41.7. The van der Waals surface area contributed by atoms with Crippen LogP contribution >= 0.6 is 15.9 Å². The van der Waals surface area contributed by atoms with E-state index in [1.165, 1.54) is 0 Å². The Morgan fingerprint density at radius 2 is 2.14 bits per heavy atom. The number of ether oxygens (including phenoxy) is 1. The molecule has 1 rings (SSSR count). The molecule has 1 heterocycles. The van der Waals surface area contributed by atoms with E-state index in [9.17, 15) is 13.2 Å². The Labute approximate surface area is 87.2 Å². The molecule has 6 heteroatoms. The Balaban J connectivity index is 3.01. The molecule has 0 saturated heterocycles. The fourth-order valence-electron chi connectivity index (χ4n) is 0.823. The fraction of sp³-hybridized carbons (Fsp3) is 0.375. The van der Waals surface area contributed by atoms with Gasteiger partial charge in [-0.15, -0.1) is 0 Å². The first-order chi connectivity index (χ1) is 6.45. The number of rotatable bonds is 2. The minimum Gasteiger partial charge on any atom is -0.477 e. The molecule has 14 heavy (non-hydrogen) atoms. The van der Waals surface area contributed by atoms with E-state index in [1.807, 2.05) is 0 Å². The monoisotopic (exact) mass is 269 g/mol. The summed E-state index contributed by atoms with van der Waals surface area (Å²) in [4.78, 5) is 3.55. The van der Waals surface area contributed by atoms with E-state index in [4.69, 9.17) is 4.74 Å². The molecule has 1 aromatic heterocycles. The third-order valence-corrected chi connectivity index (χ3v) is 1.98. The van der Waals surface area contributed by atoms with E-state index < -0.39 is 11.7 Å². The van der Waals surface area contributed by atoms with E-state index in [1.54, 1.807) is 6.92 Å². The smallest absolute Gasteiger partial charge is 0.417 e. The van der Waals surface area contributed by atoms with Crippen LogP contribution in [0.25, 0.3) is 0 Å². The predicted molar refractivity (Wildman–Crippen MR) is 48.1 cm³/mol. The Bertz CT molecular complexity index is 327. The van der Waals surface area contributed by atoms with Gasteiger partial charge in [0.2, 0.25) is 5.88 Å². The van der Waals surface area contributed by atoms with Gasteiger partial charge < -0.3 is 4.74 Å². The van der Waals surface area contributed by atoms with E-state index in [2.05, 4.69) is 20.9 Å². The molecule has 2 nitrogen and oxygen atoms in total. The minimum absolute atomic E-state index is 0.167. The van der Waals surface area contributed by atoms with Crippen molar-refractivity contribution in [2.45, 2.75) is 13.1 Å². The van der Waals surface area contributed by atoms with Gasteiger partial charge in [0.15, 0.2) is 0 Å². The van der Waals surface area contributed by atoms with Crippen LogP contribution in [0.15, 0.2) is 16.7 Å². The summed E-state index contributed by atoms with van der Waals surface area (Å²) in [6, 6.07) is 0.942. The van der Waals surface area contributed by atoms with Gasteiger partial charge in [0, 0.05) is 6.20 Å². The van der Waals surface area contributed by atoms with Crippen LogP contribution in [0, 0.1) is 0 Å². The molecule has 0 fully saturated rings. The van der Waals surface area contributed by atoms with Crippen molar-refractivity contribution in [3.8, 4) is 5.88 Å². The van der Waals surface area contributed by atoms with Gasteiger partial charge in [-0.2, -0.15) is 13.2 Å². The molecular weight excluding hydrogens is 263 g/mol. The molecule has 0 radical (unpaired) electrons. The van der Waals surface area contributed by atoms with Crippen LogP contribution < -0.4 is 4.74 Å². The summed E-state index contributed by atoms with van der Waals surface area (Å²) in [5.41, 5.74) is -0.798. The maximum Gasteiger partial charge on any atom is 0.417 e. The molecule has 0 unspecified atom stereocenters. The Morgan fingerprint density at radius 1 is 1.50 bits per heavy atom. The van der Waals surface area contributed by atoms with Crippen LogP contribution in [0.3, 0.4) is 0 Å². The molecule has 0 aliphatic heterocycles. The molecule has 0 aliphatic rings. The molecule has 78 valence electrons. The molecule has 0 spiro atoms. The quantitative estimate of drug-likeness (QED) is 0.822. The highest BCUT2D eigenvalue weighted by molar-refractivity contribution is 9.10. The summed E-state index contributed by atoms with van der Waals surface area (Å²) in [6.45, 7) is 2.09. The summed E-state index contributed by atoms with van der Waals surface area (Å²) in [7, 11) is 0. The van der Waals surface area contributed by atoms with Crippen LogP contribution in [-0.4, -0.2) is 11.6 Å². The molecular formula is C8H7BrF3NO. The molecule has 0 aliphatic carbocycles. The van der Waals surface area contributed by atoms with Crippen molar-refractivity contribution in [2.75, 3.05) is 6.61 Å². The molecule has 0 aromatic carbocycles. The number of hydrogen-bond donors (Lipinski definition) is 0. The number of pyridine rings is 1. The zero-order valence-corrected chi connectivity index (χ0v) is 8.82. The maximum atomic E-state index is 12.2. The van der Waals surface area contributed by atoms with Crippen LogP contribution in [0.5, 0.6) is 5.88 Å². The van der Waals surface area contributed by atoms with Crippen LogP contribution in [0.1, 0.15) is 12.5 Å². The van der Waals surface area contributed by atoms with Gasteiger partial charge in [0.25, 0.3) is 0 Å². The normalized spacial score (nSPS) is 11.5. The van der Waals surface area contributed by atoms with Gasteiger partial charge in [-0.3, -0.25) is 0 Å². The average molecular weight is 270 g/mol. The molecule has 0 atom stereocenters. The molecule has 1 aromatic rings. The first-order valence-electron chi connectivity index (χ1n) is 3.80. The summed E-state index contributed by atoms with van der Waals surface area (Å²) in [6.07, 6.45) is -3.63. The van der Waals surface area contributed by atoms with Crippen molar-refractivity contribution in [1.82, 2.24) is 4.98 Å². The first-order valence-corrected chi connectivity index (χ1v) is 4.60. The Kier molecular flexibility index (Phi) is 3.36. The Hall–Kier alpha value is -0.780. The predicted octanol–water partition coefficient (Wildman–Crippen LogP) is 3.26. The molecule has 0 bridgehead atoms. The SMILES string of the molecule is CCOc1ncc(C(F)(F)F)cc1Br. The maximum absolute atomic E-state index is 12.2. The fourth-order valence-corrected chi connectivity index (χ4v) is 1.29. The molecule has 0 N–H and O–H groups in total. The number of alkyl halides is 3. The zero-order chi connectivity index (χ0) is 10.8. The average Bonchev–Trinajstić information content (AvgIpc) is 2.07. The van der Waals surface area contributed by atoms with Gasteiger partial charge in [-0.1, -0.05) is 0 Å². The van der Waals surface area contributed by atoms with Gasteiger partial charge >= 0.3 is 6.18 Å². The number of halogens is 4. The topological polar surface area (TPSA) is 22.1 Å². The molecule has 0 saturated carbocycles. The zero-order valence-electron chi connectivity index (χ0n) is 7.23. The van der Waals surface area contributed by atoms with E-state index >= 15 is 0 Å². The lowest BCUT2D eigenvalue weighted by molar-refractivity contribution is -0.137. The van der Waals surface area contributed by atoms with Crippen LogP contribution in [-0.2, 0) is 6.18 Å². The summed E-state index contributed by atoms with van der Waals surface area (Å²) >= 11 is 2.95. The van der Waals surface area contributed by atoms with Crippen LogP contribution in [0.4, 0.5) is 13.2 Å². The lowest BCUT2D eigenvalue weighted by Crippen LogP contribution is -2.06. The van der Waals surface area contributed by atoms with Crippen molar-refractivity contribution < 1.29 is 17.9 Å². The van der Waals surface area contributed by atoms with Gasteiger partial charge in [0.1, 0.15) is 0 Å². The van der Waals surface area contributed by atoms with Crippen molar-refractivity contribution in [3.63, 3.8) is 0 Å². The lowest BCUT2D eigenvalue weighted by atomic mass is 10.3. The minimum atomic E-state index is -4.37. The second-order valence-electron chi connectivity index (χ2n) is 2.44. The highest BCUT2D eigenvalue weighted by atomic mass is 79.9. The van der Waals surface area contributed by atoms with Crippen molar-refractivity contribution in [2.24, 2.45) is 0 Å². The second-order valence-corrected chi connectivity index (χ2v) is 3.30. The second kappa shape index (κ2) is 4.16.